The number of rotatable bonds is 2. The largest absolute Gasteiger partial charge is 0.478 e. The quantitative estimate of drug-likeness (QED) is 0.822. The van der Waals surface area contributed by atoms with Crippen LogP contribution in [-0.2, 0) is 17.1 Å². The van der Waals surface area contributed by atoms with Crippen LogP contribution in [-0.4, -0.2) is 22.2 Å². The molecule has 0 atom stereocenters. The van der Waals surface area contributed by atoms with Gasteiger partial charge < -0.3 is 10.2 Å². The summed E-state index contributed by atoms with van der Waals surface area (Å²) in [5, 5.41) is 19.1. The number of aromatic carboxylic acids is 2. The fourth-order valence-corrected chi connectivity index (χ4v) is 1.68. The molecule has 0 aromatic heterocycles. The van der Waals surface area contributed by atoms with E-state index in [1.807, 2.05) is 0 Å². The molecule has 0 radical (unpaired) electrons. The van der Waals surface area contributed by atoms with Crippen LogP contribution >= 0.6 is 0 Å². The van der Waals surface area contributed by atoms with Crippen LogP contribution in [0.1, 0.15) is 20.7 Å². The first-order chi connectivity index (χ1) is 7.61. The van der Waals surface area contributed by atoms with Crippen LogP contribution in [0.2, 0.25) is 0 Å². The Kier molecular flexibility index (Phi) is 3.88. The van der Waals surface area contributed by atoms with Crippen LogP contribution in [0.5, 0.6) is 0 Å². The van der Waals surface area contributed by atoms with E-state index in [0.29, 0.717) is 10.8 Å². The molecule has 0 spiro atoms. The Morgan fingerprint density at radius 2 is 1.53 bits per heavy atom. The molecular weight excluding hydrogens is 264 g/mol. The van der Waals surface area contributed by atoms with E-state index >= 15 is 0 Å². The summed E-state index contributed by atoms with van der Waals surface area (Å²) in [6.45, 7) is 0. The van der Waals surface area contributed by atoms with Gasteiger partial charge in [0.05, 0.1) is 11.1 Å². The Hall–Kier alpha value is -1.84. The van der Waals surface area contributed by atoms with Crippen molar-refractivity contribution in [3.8, 4) is 0 Å². The van der Waals surface area contributed by atoms with Crippen LogP contribution in [0.4, 0.5) is 0 Å². The third-order valence-electron chi connectivity index (χ3n) is 2.37. The summed E-state index contributed by atoms with van der Waals surface area (Å²) in [5.41, 5.74) is -0.350. The third kappa shape index (κ3) is 2.30. The molecule has 0 fully saturated rings. The Balaban J connectivity index is 0.00000144. The molecule has 0 saturated heterocycles. The van der Waals surface area contributed by atoms with Gasteiger partial charge in [-0.2, -0.15) is 0 Å². The molecule has 17 heavy (non-hydrogen) atoms. The fourth-order valence-electron chi connectivity index (χ4n) is 1.68. The van der Waals surface area contributed by atoms with Crippen LogP contribution in [0, 0.1) is 0 Å². The molecule has 88 valence electrons. The van der Waals surface area contributed by atoms with E-state index in [1.165, 1.54) is 6.07 Å². The Morgan fingerprint density at radius 1 is 0.882 bits per heavy atom. The van der Waals surface area contributed by atoms with Crippen LogP contribution in [0.3, 0.4) is 0 Å². The van der Waals surface area contributed by atoms with Crippen molar-refractivity contribution in [2.45, 2.75) is 0 Å². The second-order valence-corrected chi connectivity index (χ2v) is 3.32. The first-order valence-corrected chi connectivity index (χ1v) is 4.59. The first-order valence-electron chi connectivity index (χ1n) is 4.59. The van der Waals surface area contributed by atoms with Crippen molar-refractivity contribution in [1.82, 2.24) is 0 Å². The SMILES string of the molecule is O=C(O)c1ccc2ccccc2c1C(=O)O.[Fe]. The van der Waals surface area contributed by atoms with Crippen LogP contribution in [0.15, 0.2) is 36.4 Å². The standard InChI is InChI=1S/C12H8O4.Fe/c13-11(14)9-6-5-7-3-1-2-4-8(7)10(9)12(15)16;/h1-6H,(H,13,14)(H,15,16);. The Bertz CT molecular complexity index is 592. The van der Waals surface area contributed by atoms with Gasteiger partial charge in [-0.05, 0) is 16.8 Å². The topological polar surface area (TPSA) is 74.6 Å². The van der Waals surface area contributed by atoms with Crippen molar-refractivity contribution in [2.75, 3.05) is 0 Å². The molecule has 4 nitrogen and oxygen atoms in total. The average molecular weight is 272 g/mol. The van der Waals surface area contributed by atoms with Gasteiger partial charge in [0.25, 0.3) is 0 Å². The van der Waals surface area contributed by atoms with Gasteiger partial charge in [0, 0.05) is 17.1 Å². The summed E-state index contributed by atoms with van der Waals surface area (Å²) < 4.78 is 0. The van der Waals surface area contributed by atoms with Gasteiger partial charge in [-0.15, -0.1) is 0 Å². The smallest absolute Gasteiger partial charge is 0.337 e. The van der Waals surface area contributed by atoms with Gasteiger partial charge in [0.15, 0.2) is 0 Å². The van der Waals surface area contributed by atoms with E-state index in [0.717, 1.165) is 0 Å². The monoisotopic (exact) mass is 272 g/mol. The van der Waals surface area contributed by atoms with E-state index in [9.17, 15) is 9.59 Å². The summed E-state index contributed by atoms with van der Waals surface area (Å²) in [6.07, 6.45) is 0. The van der Waals surface area contributed by atoms with Gasteiger partial charge in [-0.3, -0.25) is 0 Å². The number of carbonyl (C=O) groups is 2. The first kappa shape index (κ1) is 13.2. The summed E-state index contributed by atoms with van der Waals surface area (Å²) in [7, 11) is 0. The van der Waals surface area contributed by atoms with Crippen molar-refractivity contribution in [3.63, 3.8) is 0 Å². The maximum atomic E-state index is 11.1. The third-order valence-corrected chi connectivity index (χ3v) is 2.37. The molecule has 0 bridgehead atoms. The van der Waals surface area contributed by atoms with Crippen molar-refractivity contribution in [2.24, 2.45) is 0 Å². The van der Waals surface area contributed by atoms with Gasteiger partial charge >= 0.3 is 11.9 Å². The zero-order chi connectivity index (χ0) is 11.7. The molecule has 0 aliphatic rings. The summed E-state index contributed by atoms with van der Waals surface area (Å²) in [6, 6.07) is 9.72. The van der Waals surface area contributed by atoms with Crippen molar-refractivity contribution in [1.29, 1.82) is 0 Å². The predicted molar refractivity (Wildman–Crippen MR) is 57.9 cm³/mol. The number of hydrogen-bond acceptors (Lipinski definition) is 2. The van der Waals surface area contributed by atoms with Gasteiger partial charge in [-0.25, -0.2) is 9.59 Å². The summed E-state index contributed by atoms with van der Waals surface area (Å²) in [5.74, 6) is -2.46. The predicted octanol–water partition coefficient (Wildman–Crippen LogP) is 2.23. The fraction of sp³-hybridized carbons (Fsp3) is 0. The van der Waals surface area contributed by atoms with Gasteiger partial charge in [0.2, 0.25) is 0 Å². The number of fused-ring (bicyclic) bond motifs is 1. The van der Waals surface area contributed by atoms with E-state index < -0.39 is 11.9 Å². The molecule has 0 saturated carbocycles. The second-order valence-electron chi connectivity index (χ2n) is 3.32. The van der Waals surface area contributed by atoms with E-state index in [4.69, 9.17) is 10.2 Å². The Morgan fingerprint density at radius 3 is 2.12 bits per heavy atom. The summed E-state index contributed by atoms with van der Waals surface area (Å²) in [4.78, 5) is 22.0. The molecule has 0 heterocycles. The molecule has 0 amide bonds. The molecule has 2 aromatic carbocycles. The number of carboxylic acids is 2. The van der Waals surface area contributed by atoms with Crippen molar-refractivity contribution >= 4 is 22.7 Å². The number of hydrogen-bond donors (Lipinski definition) is 2. The number of carboxylic acid groups (broad SMARTS) is 2. The zero-order valence-corrected chi connectivity index (χ0v) is 9.63. The molecule has 0 unspecified atom stereocenters. The summed E-state index contributed by atoms with van der Waals surface area (Å²) >= 11 is 0. The minimum absolute atomic E-state index is 0. The molecule has 2 rings (SSSR count). The zero-order valence-electron chi connectivity index (χ0n) is 8.53. The normalized spacial score (nSPS) is 9.65. The second kappa shape index (κ2) is 4.99. The number of benzene rings is 2. The van der Waals surface area contributed by atoms with Crippen LogP contribution in [0.25, 0.3) is 10.8 Å². The van der Waals surface area contributed by atoms with E-state index in [-0.39, 0.29) is 28.2 Å². The Labute approximate surface area is 107 Å². The van der Waals surface area contributed by atoms with Crippen LogP contribution < -0.4 is 0 Å². The van der Waals surface area contributed by atoms with Gasteiger partial charge in [-0.1, -0.05) is 30.3 Å². The van der Waals surface area contributed by atoms with Crippen molar-refractivity contribution < 1.29 is 36.9 Å². The molecule has 2 N–H and O–H groups in total. The minimum atomic E-state index is -1.23. The van der Waals surface area contributed by atoms with E-state index in [2.05, 4.69) is 0 Å². The minimum Gasteiger partial charge on any atom is -0.478 e. The maximum absolute atomic E-state index is 11.1. The average Bonchev–Trinajstić information content (AvgIpc) is 2.27. The molecule has 2 aromatic rings. The van der Waals surface area contributed by atoms with Crippen molar-refractivity contribution in [3.05, 3.63) is 47.5 Å². The maximum Gasteiger partial charge on any atom is 0.337 e. The molecule has 5 heteroatoms. The van der Waals surface area contributed by atoms with E-state index in [1.54, 1.807) is 30.3 Å². The molecular formula is C12H8FeO4. The molecule has 0 aliphatic carbocycles. The molecule has 0 aliphatic heterocycles. The van der Waals surface area contributed by atoms with Gasteiger partial charge in [0.1, 0.15) is 0 Å².